The molecule has 0 saturated heterocycles. The minimum atomic E-state index is 0.221. The Kier molecular flexibility index (Phi) is 3.48. The molecule has 0 radical (unpaired) electrons. The summed E-state index contributed by atoms with van der Waals surface area (Å²) in [5.74, 6) is 3.06. The molecule has 72 valence electrons. The largest absolute Gasteiger partial charge is 0.300 e. The van der Waals surface area contributed by atoms with E-state index in [0.29, 0.717) is 6.42 Å². The van der Waals surface area contributed by atoms with Crippen molar-refractivity contribution >= 4 is 5.78 Å². The molecule has 1 heteroatoms. The van der Waals surface area contributed by atoms with Crippen LogP contribution in [0.2, 0.25) is 0 Å². The first kappa shape index (κ1) is 10.5. The molecule has 0 aliphatic heterocycles. The summed E-state index contributed by atoms with van der Waals surface area (Å²) in [5.41, 5.74) is 2.04. The highest BCUT2D eigenvalue weighted by atomic mass is 16.1. The lowest BCUT2D eigenvalue weighted by molar-refractivity contribution is -0.117. The predicted molar refractivity (Wildman–Crippen MR) is 58.1 cm³/mol. The Labute approximate surface area is 85.1 Å². The SMILES string of the molecule is C#Cc1ccc(C(C)CC(C)=O)cc1. The molecule has 0 amide bonds. The van der Waals surface area contributed by atoms with E-state index in [4.69, 9.17) is 6.42 Å². The zero-order chi connectivity index (χ0) is 10.6. The van der Waals surface area contributed by atoms with Crippen LogP contribution in [-0.2, 0) is 4.79 Å². The van der Waals surface area contributed by atoms with Gasteiger partial charge in [0.15, 0.2) is 0 Å². The Hall–Kier alpha value is -1.55. The maximum Gasteiger partial charge on any atom is 0.130 e. The molecule has 1 unspecified atom stereocenters. The van der Waals surface area contributed by atoms with Gasteiger partial charge >= 0.3 is 0 Å². The zero-order valence-corrected chi connectivity index (χ0v) is 8.58. The van der Waals surface area contributed by atoms with Gasteiger partial charge in [0, 0.05) is 12.0 Å². The first-order valence-electron chi connectivity index (χ1n) is 4.69. The average Bonchev–Trinajstić information content (AvgIpc) is 2.17. The lowest BCUT2D eigenvalue weighted by Crippen LogP contribution is -2.00. The van der Waals surface area contributed by atoms with E-state index in [1.54, 1.807) is 6.92 Å². The molecule has 1 aromatic rings. The summed E-state index contributed by atoms with van der Waals surface area (Å²) in [4.78, 5) is 10.9. The van der Waals surface area contributed by atoms with Crippen molar-refractivity contribution in [2.24, 2.45) is 0 Å². The number of carbonyl (C=O) groups excluding carboxylic acids is 1. The second-order valence-electron chi connectivity index (χ2n) is 3.57. The predicted octanol–water partition coefficient (Wildman–Crippen LogP) is 2.75. The summed E-state index contributed by atoms with van der Waals surface area (Å²) in [7, 11) is 0. The highest BCUT2D eigenvalue weighted by molar-refractivity contribution is 5.76. The summed E-state index contributed by atoms with van der Waals surface area (Å²) in [6.45, 7) is 3.67. The van der Waals surface area contributed by atoms with E-state index >= 15 is 0 Å². The Morgan fingerprint density at radius 1 is 1.43 bits per heavy atom. The van der Waals surface area contributed by atoms with E-state index in [9.17, 15) is 4.79 Å². The molecule has 0 aliphatic rings. The van der Waals surface area contributed by atoms with Crippen molar-refractivity contribution in [3.05, 3.63) is 35.4 Å². The van der Waals surface area contributed by atoms with Gasteiger partial charge in [-0.3, -0.25) is 0 Å². The fourth-order valence-electron chi connectivity index (χ4n) is 1.46. The van der Waals surface area contributed by atoms with E-state index in [-0.39, 0.29) is 11.7 Å². The van der Waals surface area contributed by atoms with Crippen molar-refractivity contribution in [1.29, 1.82) is 0 Å². The standard InChI is InChI=1S/C13H14O/c1-4-12-5-7-13(8-6-12)10(2)9-11(3)14/h1,5-8,10H,9H2,2-3H3. The van der Waals surface area contributed by atoms with Gasteiger partial charge in [0.25, 0.3) is 0 Å². The molecule has 0 aliphatic carbocycles. The van der Waals surface area contributed by atoms with Crippen molar-refractivity contribution in [2.45, 2.75) is 26.2 Å². The van der Waals surface area contributed by atoms with E-state index in [1.807, 2.05) is 31.2 Å². The summed E-state index contributed by atoms with van der Waals surface area (Å²) in [6, 6.07) is 7.80. The number of Topliss-reactive ketones (excluding diaryl/α,β-unsaturated/α-hetero) is 1. The van der Waals surface area contributed by atoms with Gasteiger partial charge in [-0.25, -0.2) is 0 Å². The van der Waals surface area contributed by atoms with Crippen LogP contribution in [0.25, 0.3) is 0 Å². The Bertz CT molecular complexity index is 354. The van der Waals surface area contributed by atoms with Crippen LogP contribution in [-0.4, -0.2) is 5.78 Å². The molecule has 1 nitrogen and oxygen atoms in total. The molecule has 0 spiro atoms. The molecular weight excluding hydrogens is 172 g/mol. The van der Waals surface area contributed by atoms with Crippen LogP contribution < -0.4 is 0 Å². The topological polar surface area (TPSA) is 17.1 Å². The van der Waals surface area contributed by atoms with Gasteiger partial charge in [-0.15, -0.1) is 6.42 Å². The van der Waals surface area contributed by atoms with E-state index in [0.717, 1.165) is 5.56 Å². The van der Waals surface area contributed by atoms with Crippen molar-refractivity contribution in [3.8, 4) is 12.3 Å². The fourth-order valence-corrected chi connectivity index (χ4v) is 1.46. The van der Waals surface area contributed by atoms with Gasteiger partial charge in [0.1, 0.15) is 5.78 Å². The lowest BCUT2D eigenvalue weighted by Gasteiger charge is -2.09. The van der Waals surface area contributed by atoms with Gasteiger partial charge < -0.3 is 4.79 Å². The third-order valence-corrected chi connectivity index (χ3v) is 2.24. The quantitative estimate of drug-likeness (QED) is 0.663. The molecular formula is C13H14O. The first-order chi connectivity index (χ1) is 6.63. The molecule has 1 atom stereocenters. The number of rotatable bonds is 3. The summed E-state index contributed by atoms with van der Waals surface area (Å²) >= 11 is 0. The van der Waals surface area contributed by atoms with E-state index in [2.05, 4.69) is 5.92 Å². The van der Waals surface area contributed by atoms with Gasteiger partial charge in [0.05, 0.1) is 0 Å². The van der Waals surface area contributed by atoms with Crippen LogP contribution in [0.5, 0.6) is 0 Å². The van der Waals surface area contributed by atoms with Crippen LogP contribution in [0.4, 0.5) is 0 Å². The Morgan fingerprint density at radius 3 is 2.43 bits per heavy atom. The molecule has 14 heavy (non-hydrogen) atoms. The van der Waals surface area contributed by atoms with Crippen molar-refractivity contribution in [2.75, 3.05) is 0 Å². The summed E-state index contributed by atoms with van der Waals surface area (Å²) in [5, 5.41) is 0. The lowest BCUT2D eigenvalue weighted by atomic mass is 9.95. The van der Waals surface area contributed by atoms with Crippen LogP contribution in [0, 0.1) is 12.3 Å². The number of benzene rings is 1. The van der Waals surface area contributed by atoms with Gasteiger partial charge in [0.2, 0.25) is 0 Å². The number of ketones is 1. The fraction of sp³-hybridized carbons (Fsp3) is 0.308. The van der Waals surface area contributed by atoms with Crippen LogP contribution >= 0.6 is 0 Å². The minimum Gasteiger partial charge on any atom is -0.300 e. The van der Waals surface area contributed by atoms with Crippen LogP contribution in [0.1, 0.15) is 37.3 Å². The molecule has 0 saturated carbocycles. The molecule has 0 fully saturated rings. The van der Waals surface area contributed by atoms with Crippen molar-refractivity contribution < 1.29 is 4.79 Å². The molecule has 0 N–H and O–H groups in total. The Balaban J connectivity index is 2.77. The Morgan fingerprint density at radius 2 is 2.00 bits per heavy atom. The third kappa shape index (κ3) is 2.74. The maximum absolute atomic E-state index is 10.9. The minimum absolute atomic E-state index is 0.221. The third-order valence-electron chi connectivity index (χ3n) is 2.24. The second-order valence-corrected chi connectivity index (χ2v) is 3.57. The van der Waals surface area contributed by atoms with Crippen LogP contribution in [0.15, 0.2) is 24.3 Å². The number of hydrogen-bond donors (Lipinski definition) is 0. The van der Waals surface area contributed by atoms with Crippen molar-refractivity contribution in [1.82, 2.24) is 0 Å². The molecule has 0 aromatic heterocycles. The normalized spacial score (nSPS) is 11.8. The van der Waals surface area contributed by atoms with Gasteiger partial charge in [-0.2, -0.15) is 0 Å². The highest BCUT2D eigenvalue weighted by Gasteiger charge is 2.07. The van der Waals surface area contributed by atoms with Gasteiger partial charge in [-0.05, 0) is 30.5 Å². The van der Waals surface area contributed by atoms with E-state index < -0.39 is 0 Å². The van der Waals surface area contributed by atoms with Crippen molar-refractivity contribution in [3.63, 3.8) is 0 Å². The zero-order valence-electron chi connectivity index (χ0n) is 8.58. The second kappa shape index (κ2) is 4.62. The van der Waals surface area contributed by atoms with Crippen LogP contribution in [0.3, 0.4) is 0 Å². The number of hydrogen-bond acceptors (Lipinski definition) is 1. The highest BCUT2D eigenvalue weighted by Crippen LogP contribution is 2.19. The number of carbonyl (C=O) groups is 1. The van der Waals surface area contributed by atoms with E-state index in [1.165, 1.54) is 5.56 Å². The molecule has 0 bridgehead atoms. The summed E-state index contributed by atoms with van der Waals surface area (Å²) < 4.78 is 0. The summed E-state index contributed by atoms with van der Waals surface area (Å²) in [6.07, 6.45) is 5.85. The maximum atomic E-state index is 10.9. The average molecular weight is 186 g/mol. The monoisotopic (exact) mass is 186 g/mol. The molecule has 1 rings (SSSR count). The number of terminal acetylenes is 1. The smallest absolute Gasteiger partial charge is 0.130 e. The van der Waals surface area contributed by atoms with Gasteiger partial charge in [-0.1, -0.05) is 25.0 Å². The first-order valence-corrected chi connectivity index (χ1v) is 4.69. The molecule has 0 heterocycles. The molecule has 1 aromatic carbocycles.